The average molecular weight is 246 g/mol. The van der Waals surface area contributed by atoms with Crippen LogP contribution in [0.15, 0.2) is 59.2 Å². The minimum Gasteiger partial charge on any atom is -0.478 e. The van der Waals surface area contributed by atoms with Crippen molar-refractivity contribution in [2.75, 3.05) is 0 Å². The van der Waals surface area contributed by atoms with Gasteiger partial charge in [-0.2, -0.15) is 0 Å². The normalized spacial score (nSPS) is 21.6. The Morgan fingerprint density at radius 2 is 1.22 bits per heavy atom. The fourth-order valence-electron chi connectivity index (χ4n) is 1.51. The monoisotopic (exact) mass is 246 g/mol. The lowest BCUT2D eigenvalue weighted by molar-refractivity contribution is -0.133. The number of carbonyl (C=O) groups is 2. The molecule has 0 aromatic rings. The summed E-state index contributed by atoms with van der Waals surface area (Å²) in [6, 6.07) is 0. The molecule has 6 nitrogen and oxygen atoms in total. The molecule has 0 amide bonds. The highest BCUT2D eigenvalue weighted by atomic mass is 16.4. The van der Waals surface area contributed by atoms with Crippen LogP contribution in [0.25, 0.3) is 0 Å². The summed E-state index contributed by atoms with van der Waals surface area (Å²) in [7, 11) is 0. The van der Waals surface area contributed by atoms with Gasteiger partial charge in [0.05, 0.1) is 22.5 Å². The van der Waals surface area contributed by atoms with Crippen molar-refractivity contribution < 1.29 is 19.8 Å². The van der Waals surface area contributed by atoms with Gasteiger partial charge in [0.25, 0.3) is 0 Å². The van der Waals surface area contributed by atoms with Gasteiger partial charge in [-0.05, 0) is 24.3 Å². The highest BCUT2D eigenvalue weighted by Gasteiger charge is 2.14. The van der Waals surface area contributed by atoms with Gasteiger partial charge in [-0.3, -0.25) is 0 Å². The van der Waals surface area contributed by atoms with Crippen LogP contribution in [0.4, 0.5) is 0 Å². The number of nitrogens with one attached hydrogen (secondary N) is 2. The van der Waals surface area contributed by atoms with Crippen LogP contribution in [-0.4, -0.2) is 22.2 Å². The van der Waals surface area contributed by atoms with E-state index in [1.165, 1.54) is 36.7 Å². The highest BCUT2D eigenvalue weighted by Crippen LogP contribution is 2.15. The molecule has 0 aromatic carbocycles. The van der Waals surface area contributed by atoms with E-state index in [1.54, 1.807) is 0 Å². The van der Waals surface area contributed by atoms with E-state index < -0.39 is 11.9 Å². The van der Waals surface area contributed by atoms with Gasteiger partial charge in [0.1, 0.15) is 0 Å². The molecule has 0 spiro atoms. The van der Waals surface area contributed by atoms with Gasteiger partial charge >= 0.3 is 11.9 Å². The quantitative estimate of drug-likeness (QED) is 0.564. The summed E-state index contributed by atoms with van der Waals surface area (Å²) < 4.78 is 0. The van der Waals surface area contributed by atoms with Crippen LogP contribution >= 0.6 is 0 Å². The third kappa shape index (κ3) is 2.32. The van der Waals surface area contributed by atoms with Gasteiger partial charge in [-0.15, -0.1) is 0 Å². The molecule has 2 aliphatic rings. The van der Waals surface area contributed by atoms with Gasteiger partial charge in [0, 0.05) is 12.4 Å². The lowest BCUT2D eigenvalue weighted by atomic mass is 10.1. The summed E-state index contributed by atoms with van der Waals surface area (Å²) in [6.45, 7) is 0. The van der Waals surface area contributed by atoms with Crippen LogP contribution in [0.5, 0.6) is 0 Å². The van der Waals surface area contributed by atoms with Crippen LogP contribution in [0, 0.1) is 0 Å². The first-order chi connectivity index (χ1) is 8.58. The highest BCUT2D eigenvalue weighted by molar-refractivity contribution is 5.92. The largest absolute Gasteiger partial charge is 0.478 e. The number of hydrogen-bond donors (Lipinski definition) is 4. The van der Waals surface area contributed by atoms with E-state index in [2.05, 4.69) is 10.6 Å². The predicted octanol–water partition coefficient (Wildman–Crippen LogP) is 0.454. The molecule has 0 atom stereocenters. The number of allylic oxidation sites excluding steroid dienone is 2. The molecule has 2 heterocycles. The second kappa shape index (κ2) is 4.62. The maximum Gasteiger partial charge on any atom is 0.335 e. The van der Waals surface area contributed by atoms with Crippen molar-refractivity contribution in [2.24, 2.45) is 0 Å². The average Bonchev–Trinajstić information content (AvgIpc) is 2.39. The first kappa shape index (κ1) is 11.7. The lowest BCUT2D eigenvalue weighted by Gasteiger charge is -2.16. The van der Waals surface area contributed by atoms with Crippen molar-refractivity contribution in [1.82, 2.24) is 10.6 Å². The van der Waals surface area contributed by atoms with Crippen molar-refractivity contribution in [2.45, 2.75) is 0 Å². The van der Waals surface area contributed by atoms with E-state index in [0.717, 1.165) is 0 Å². The van der Waals surface area contributed by atoms with E-state index in [1.807, 2.05) is 0 Å². The van der Waals surface area contributed by atoms with E-state index in [-0.39, 0.29) is 11.1 Å². The summed E-state index contributed by atoms with van der Waals surface area (Å²) >= 11 is 0. The van der Waals surface area contributed by atoms with Crippen molar-refractivity contribution in [3.05, 3.63) is 59.2 Å². The number of carboxylic acids is 2. The minimum atomic E-state index is -1.04. The molecule has 0 fully saturated rings. The molecule has 0 bridgehead atoms. The van der Waals surface area contributed by atoms with Gasteiger partial charge < -0.3 is 20.8 Å². The standard InChI is InChI=1S/C12H10N2O4/c15-11(16)7-1-3-13-9(5-7)10-6-8(12(17)18)2-4-14-10/h1-6,13-14H,(H,15,16)(H,17,18). The Bertz CT molecular complexity index is 515. The number of hydrogen-bond acceptors (Lipinski definition) is 4. The lowest BCUT2D eigenvalue weighted by Crippen LogP contribution is -2.20. The molecule has 92 valence electrons. The second-order valence-corrected chi connectivity index (χ2v) is 3.59. The molecule has 0 unspecified atom stereocenters. The maximum absolute atomic E-state index is 10.8. The number of carboxylic acid groups (broad SMARTS) is 2. The van der Waals surface area contributed by atoms with Crippen molar-refractivity contribution >= 4 is 11.9 Å². The van der Waals surface area contributed by atoms with Crippen LogP contribution in [0.2, 0.25) is 0 Å². The SMILES string of the molecule is O=C(O)C1=CC(=C2C=C(C(=O)O)C=CN2)NC=C1. The first-order valence-corrected chi connectivity index (χ1v) is 5.08. The molecule has 0 aromatic heterocycles. The van der Waals surface area contributed by atoms with Gasteiger partial charge in [0.2, 0.25) is 0 Å². The Balaban J connectivity index is 2.39. The molecule has 2 aliphatic heterocycles. The zero-order chi connectivity index (χ0) is 13.1. The fourth-order valence-corrected chi connectivity index (χ4v) is 1.51. The molecule has 0 radical (unpaired) electrons. The van der Waals surface area contributed by atoms with Crippen molar-refractivity contribution in [1.29, 1.82) is 0 Å². The second-order valence-electron chi connectivity index (χ2n) is 3.59. The first-order valence-electron chi connectivity index (χ1n) is 5.08. The third-order valence-corrected chi connectivity index (χ3v) is 2.39. The van der Waals surface area contributed by atoms with Crippen molar-refractivity contribution in [3.8, 4) is 0 Å². The molecule has 18 heavy (non-hydrogen) atoms. The Kier molecular flexibility index (Phi) is 3.01. The van der Waals surface area contributed by atoms with Gasteiger partial charge in [0.15, 0.2) is 0 Å². The predicted molar refractivity (Wildman–Crippen MR) is 63.0 cm³/mol. The van der Waals surface area contributed by atoms with E-state index >= 15 is 0 Å². The zero-order valence-corrected chi connectivity index (χ0v) is 9.18. The Labute approximate surface area is 102 Å². The molecule has 0 saturated carbocycles. The minimum absolute atomic E-state index is 0.123. The Morgan fingerprint density at radius 1 is 0.833 bits per heavy atom. The Hall–Kier alpha value is -2.76. The van der Waals surface area contributed by atoms with Gasteiger partial charge in [-0.25, -0.2) is 9.59 Å². The van der Waals surface area contributed by atoms with Crippen LogP contribution in [0.3, 0.4) is 0 Å². The molecular weight excluding hydrogens is 236 g/mol. The zero-order valence-electron chi connectivity index (χ0n) is 9.18. The summed E-state index contributed by atoms with van der Waals surface area (Å²) in [5.41, 5.74) is 1.24. The van der Waals surface area contributed by atoms with Crippen molar-refractivity contribution in [3.63, 3.8) is 0 Å². The van der Waals surface area contributed by atoms with E-state index in [0.29, 0.717) is 11.4 Å². The van der Waals surface area contributed by atoms with Crippen LogP contribution in [-0.2, 0) is 9.59 Å². The van der Waals surface area contributed by atoms with E-state index in [4.69, 9.17) is 10.2 Å². The molecule has 2 rings (SSSR count). The Morgan fingerprint density at radius 3 is 1.56 bits per heavy atom. The summed E-state index contributed by atoms with van der Waals surface area (Å²) in [4.78, 5) is 21.7. The summed E-state index contributed by atoms with van der Waals surface area (Å²) in [6.07, 6.45) is 8.68. The van der Waals surface area contributed by atoms with Crippen LogP contribution < -0.4 is 10.6 Å². The van der Waals surface area contributed by atoms with E-state index in [9.17, 15) is 9.59 Å². The molecule has 0 saturated heterocycles. The molecule has 4 N–H and O–H groups in total. The maximum atomic E-state index is 10.8. The topological polar surface area (TPSA) is 98.7 Å². The number of aliphatic carboxylic acids is 2. The molecule has 0 aliphatic carbocycles. The summed E-state index contributed by atoms with van der Waals surface area (Å²) in [5, 5.41) is 23.5. The third-order valence-electron chi connectivity index (χ3n) is 2.39. The number of dihydropyridines is 2. The fraction of sp³-hybridized carbons (Fsp3) is 0. The smallest absolute Gasteiger partial charge is 0.335 e. The molecule has 6 heteroatoms. The van der Waals surface area contributed by atoms with Gasteiger partial charge in [-0.1, -0.05) is 0 Å². The van der Waals surface area contributed by atoms with Crippen LogP contribution in [0.1, 0.15) is 0 Å². The number of rotatable bonds is 2. The summed E-state index contributed by atoms with van der Waals surface area (Å²) in [5.74, 6) is -2.08. The molecular formula is C12H10N2O4.